The Morgan fingerprint density at radius 3 is 2.59 bits per heavy atom. The van der Waals surface area contributed by atoms with Gasteiger partial charge in [-0.2, -0.15) is 0 Å². The van der Waals surface area contributed by atoms with Crippen LogP contribution in [0, 0.1) is 0 Å². The summed E-state index contributed by atoms with van der Waals surface area (Å²) in [5, 5.41) is 4.50. The molecule has 1 amide bonds. The van der Waals surface area contributed by atoms with Crippen LogP contribution in [0.2, 0.25) is 0 Å². The highest BCUT2D eigenvalue weighted by molar-refractivity contribution is 5.93. The van der Waals surface area contributed by atoms with Gasteiger partial charge < -0.3 is 20.9 Å². The summed E-state index contributed by atoms with van der Waals surface area (Å²) in [6.45, 7) is 9.19. The summed E-state index contributed by atoms with van der Waals surface area (Å²) in [5.74, 6) is 0.941. The van der Waals surface area contributed by atoms with E-state index in [0.29, 0.717) is 18.8 Å². The number of aromatic nitrogens is 2. The number of carbonyl (C=O) groups excluding carboxylic acids is 1. The van der Waals surface area contributed by atoms with E-state index in [-0.39, 0.29) is 11.6 Å². The van der Waals surface area contributed by atoms with Crippen molar-refractivity contribution in [2.45, 2.75) is 26.3 Å². The van der Waals surface area contributed by atoms with Crippen LogP contribution in [-0.4, -0.2) is 52.2 Å². The Morgan fingerprint density at radius 1 is 1.10 bits per heavy atom. The molecule has 0 saturated carbocycles. The van der Waals surface area contributed by atoms with Crippen LogP contribution >= 0.6 is 0 Å². The predicted octanol–water partition coefficient (Wildman–Crippen LogP) is 3.62. The van der Waals surface area contributed by atoms with Crippen LogP contribution in [0.3, 0.4) is 0 Å². The number of nitrogens with zero attached hydrogens (tertiary/aromatic N) is 4. The molecule has 7 nitrogen and oxygen atoms in total. The highest BCUT2D eigenvalue weighted by atomic mass is 16.2. The van der Waals surface area contributed by atoms with Crippen molar-refractivity contribution < 1.29 is 4.79 Å². The molecule has 152 valence electrons. The highest BCUT2D eigenvalue weighted by Gasteiger charge is 2.25. The lowest BCUT2D eigenvalue weighted by Gasteiger charge is -2.37. The molecule has 4 rings (SSSR count). The number of carbonyl (C=O) groups is 1. The molecular formula is C22H28N6O. The van der Waals surface area contributed by atoms with Gasteiger partial charge in [-0.15, -0.1) is 0 Å². The maximum absolute atomic E-state index is 13.1. The minimum Gasteiger partial charge on any atom is -0.399 e. The number of fused-ring (bicyclic) bond motifs is 1. The van der Waals surface area contributed by atoms with Gasteiger partial charge in [0.25, 0.3) is 0 Å². The fourth-order valence-electron chi connectivity index (χ4n) is 3.74. The molecule has 2 aromatic heterocycles. The minimum atomic E-state index is -0.0472. The zero-order valence-corrected chi connectivity index (χ0v) is 17.2. The maximum Gasteiger partial charge on any atom is 0.328 e. The van der Waals surface area contributed by atoms with Crippen LogP contribution < -0.4 is 16.0 Å². The molecule has 0 atom stereocenters. The first-order valence-electron chi connectivity index (χ1n) is 9.96. The third-order valence-electron chi connectivity index (χ3n) is 5.07. The van der Waals surface area contributed by atoms with Crippen molar-refractivity contribution in [2.24, 2.45) is 0 Å². The quantitative estimate of drug-likeness (QED) is 0.651. The molecule has 1 fully saturated rings. The number of nitrogen functional groups attached to an aromatic ring is 1. The molecule has 0 bridgehead atoms. The van der Waals surface area contributed by atoms with Crippen molar-refractivity contribution in [3.63, 3.8) is 0 Å². The number of amides is 1. The molecule has 3 aromatic rings. The third-order valence-corrected chi connectivity index (χ3v) is 5.07. The number of piperazine rings is 1. The molecule has 1 aliphatic rings. The van der Waals surface area contributed by atoms with Crippen molar-refractivity contribution >= 4 is 34.1 Å². The minimum absolute atomic E-state index is 0.00141. The van der Waals surface area contributed by atoms with Crippen molar-refractivity contribution in [1.29, 1.82) is 0 Å². The Morgan fingerprint density at radius 2 is 1.86 bits per heavy atom. The van der Waals surface area contributed by atoms with Gasteiger partial charge >= 0.3 is 6.03 Å². The largest absolute Gasteiger partial charge is 0.399 e. The lowest BCUT2D eigenvalue weighted by molar-refractivity contribution is 0.197. The molecule has 1 saturated heterocycles. The number of pyridine rings is 1. The van der Waals surface area contributed by atoms with E-state index in [1.165, 1.54) is 0 Å². The second kappa shape index (κ2) is 7.31. The molecule has 0 aliphatic carbocycles. The average molecular weight is 393 g/mol. The van der Waals surface area contributed by atoms with E-state index in [2.05, 4.69) is 42.0 Å². The first-order chi connectivity index (χ1) is 13.8. The number of hydrogen-bond acceptors (Lipinski definition) is 5. The lowest BCUT2D eigenvalue weighted by Crippen LogP contribution is -2.50. The van der Waals surface area contributed by atoms with Gasteiger partial charge in [0.2, 0.25) is 0 Å². The van der Waals surface area contributed by atoms with Crippen molar-refractivity contribution in [3.05, 3.63) is 48.8 Å². The summed E-state index contributed by atoms with van der Waals surface area (Å²) in [4.78, 5) is 21.8. The van der Waals surface area contributed by atoms with E-state index in [1.54, 1.807) is 4.57 Å². The van der Waals surface area contributed by atoms with Crippen LogP contribution in [0.4, 0.5) is 22.0 Å². The number of nitrogens with one attached hydrogen (secondary N) is 1. The van der Waals surface area contributed by atoms with Crippen LogP contribution in [0.5, 0.6) is 0 Å². The zero-order valence-electron chi connectivity index (χ0n) is 17.2. The third kappa shape index (κ3) is 3.99. The van der Waals surface area contributed by atoms with E-state index in [0.717, 1.165) is 35.5 Å². The fraction of sp³-hybridized carbons (Fsp3) is 0.364. The molecule has 0 unspecified atom stereocenters. The molecule has 0 spiro atoms. The number of hydrogen-bond donors (Lipinski definition) is 2. The molecule has 7 heteroatoms. The Bertz CT molecular complexity index is 1030. The van der Waals surface area contributed by atoms with Crippen molar-refractivity contribution in [1.82, 2.24) is 14.5 Å². The van der Waals surface area contributed by atoms with Gasteiger partial charge in [0.05, 0.1) is 11.2 Å². The van der Waals surface area contributed by atoms with Gasteiger partial charge in [-0.1, -0.05) is 0 Å². The number of anilines is 3. The normalized spacial score (nSPS) is 15.0. The van der Waals surface area contributed by atoms with Gasteiger partial charge in [0.15, 0.2) is 5.82 Å². The first kappa shape index (κ1) is 19.1. The highest BCUT2D eigenvalue weighted by Crippen LogP contribution is 2.27. The molecule has 1 aliphatic heterocycles. The van der Waals surface area contributed by atoms with Crippen molar-refractivity contribution in [3.8, 4) is 0 Å². The summed E-state index contributed by atoms with van der Waals surface area (Å²) in [5.41, 5.74) is 8.41. The summed E-state index contributed by atoms with van der Waals surface area (Å²) in [6, 6.07) is 11.6. The van der Waals surface area contributed by atoms with Gasteiger partial charge in [-0.05, 0) is 57.2 Å². The Kier molecular flexibility index (Phi) is 4.82. The molecular weight excluding hydrogens is 364 g/mol. The van der Waals surface area contributed by atoms with Gasteiger partial charge in [-0.25, -0.2) is 9.78 Å². The number of nitrogens with two attached hydrogens (primary N) is 1. The van der Waals surface area contributed by atoms with E-state index in [1.807, 2.05) is 47.6 Å². The van der Waals surface area contributed by atoms with E-state index < -0.39 is 0 Å². The van der Waals surface area contributed by atoms with Crippen LogP contribution in [-0.2, 0) is 0 Å². The predicted molar refractivity (Wildman–Crippen MR) is 119 cm³/mol. The zero-order chi connectivity index (χ0) is 20.6. The fourth-order valence-corrected chi connectivity index (χ4v) is 3.74. The van der Waals surface area contributed by atoms with Crippen LogP contribution in [0.15, 0.2) is 48.8 Å². The number of rotatable bonds is 2. The maximum atomic E-state index is 13.1. The Labute approximate surface area is 171 Å². The van der Waals surface area contributed by atoms with Crippen LogP contribution in [0.1, 0.15) is 20.8 Å². The van der Waals surface area contributed by atoms with E-state index >= 15 is 0 Å². The summed E-state index contributed by atoms with van der Waals surface area (Å²) < 4.78 is 1.71. The molecule has 29 heavy (non-hydrogen) atoms. The average Bonchev–Trinajstić information content (AvgIpc) is 3.10. The Hall–Kier alpha value is -3.22. The number of benzene rings is 1. The monoisotopic (exact) mass is 392 g/mol. The molecule has 3 heterocycles. The summed E-state index contributed by atoms with van der Waals surface area (Å²) in [7, 11) is 0. The second-order valence-corrected chi connectivity index (χ2v) is 8.51. The van der Waals surface area contributed by atoms with Gasteiger partial charge in [0, 0.05) is 55.2 Å². The van der Waals surface area contributed by atoms with E-state index in [4.69, 9.17) is 5.73 Å². The standard InChI is InChI=1S/C22H28N6O/c1-22(2,3)25-18-5-4-9-24-20(18)26-11-13-27(14-12-26)21(29)28-10-8-16-15-17(23)6-7-19(16)28/h4-10,15,25H,11-14,23H2,1-3H3. The topological polar surface area (TPSA) is 79.4 Å². The lowest BCUT2D eigenvalue weighted by atomic mass is 10.1. The van der Waals surface area contributed by atoms with Crippen LogP contribution in [0.25, 0.3) is 10.9 Å². The van der Waals surface area contributed by atoms with E-state index in [9.17, 15) is 4.79 Å². The summed E-state index contributed by atoms with van der Waals surface area (Å²) >= 11 is 0. The second-order valence-electron chi connectivity index (χ2n) is 8.51. The SMILES string of the molecule is CC(C)(C)Nc1cccnc1N1CCN(C(=O)n2ccc3cc(N)ccc32)CC1. The van der Waals surface area contributed by atoms with Gasteiger partial charge in [-0.3, -0.25) is 4.57 Å². The molecule has 1 aromatic carbocycles. The molecule has 0 radical (unpaired) electrons. The molecule has 3 N–H and O–H groups in total. The smallest absolute Gasteiger partial charge is 0.328 e. The Balaban J connectivity index is 1.48. The van der Waals surface area contributed by atoms with Crippen molar-refractivity contribution in [2.75, 3.05) is 42.1 Å². The first-order valence-corrected chi connectivity index (χ1v) is 9.96. The van der Waals surface area contributed by atoms with Gasteiger partial charge in [0.1, 0.15) is 0 Å². The summed E-state index contributed by atoms with van der Waals surface area (Å²) in [6.07, 6.45) is 3.64.